The van der Waals surface area contributed by atoms with E-state index in [4.69, 9.17) is 4.98 Å². The van der Waals surface area contributed by atoms with Crippen molar-refractivity contribution in [1.29, 1.82) is 0 Å². The lowest BCUT2D eigenvalue weighted by atomic mass is 9.94. The fourth-order valence-corrected chi connectivity index (χ4v) is 3.59. The molecule has 4 heterocycles. The minimum absolute atomic E-state index is 0.149. The number of nitrogens with zero attached hydrogens (tertiary/aromatic N) is 5. The van der Waals surface area contributed by atoms with Crippen molar-refractivity contribution in [2.24, 2.45) is 5.92 Å². The summed E-state index contributed by atoms with van der Waals surface area (Å²) in [5, 5.41) is 4.63. The molecule has 0 fully saturated rings. The predicted octanol–water partition coefficient (Wildman–Crippen LogP) is 2.27. The maximum absolute atomic E-state index is 13.2. The second kappa shape index (κ2) is 7.38. The molecule has 144 valence electrons. The van der Waals surface area contributed by atoms with Gasteiger partial charge in [0.25, 0.3) is 11.5 Å². The topological polar surface area (TPSA) is 96.8 Å². The van der Waals surface area contributed by atoms with Crippen LogP contribution in [0.3, 0.4) is 0 Å². The average molecular weight is 378 g/mol. The number of hydrogen-bond donors (Lipinski definition) is 1. The highest BCUT2D eigenvalue weighted by Gasteiger charge is 2.37. The fourth-order valence-electron chi connectivity index (χ4n) is 3.59. The number of carbonyl (C=O) groups is 1. The largest absolute Gasteiger partial charge is 0.328 e. The van der Waals surface area contributed by atoms with Gasteiger partial charge in [0.05, 0.1) is 12.6 Å². The molecule has 3 aromatic heterocycles. The highest BCUT2D eigenvalue weighted by Crippen LogP contribution is 2.34. The molecule has 0 unspecified atom stereocenters. The molecule has 1 amide bonds. The van der Waals surface area contributed by atoms with E-state index in [1.807, 2.05) is 16.8 Å². The monoisotopic (exact) mass is 378 g/mol. The Bertz CT molecular complexity index is 1040. The number of H-pyrrole nitrogens is 1. The van der Waals surface area contributed by atoms with E-state index in [-0.39, 0.29) is 29.0 Å². The molecule has 0 radical (unpaired) electrons. The van der Waals surface area contributed by atoms with Gasteiger partial charge in [0.15, 0.2) is 11.6 Å². The van der Waals surface area contributed by atoms with Crippen LogP contribution in [0.1, 0.15) is 42.5 Å². The molecule has 0 saturated carbocycles. The smallest absolute Gasteiger partial charge is 0.260 e. The van der Waals surface area contributed by atoms with Gasteiger partial charge in [-0.15, -0.1) is 0 Å². The number of fused-ring (bicyclic) bond motifs is 1. The summed E-state index contributed by atoms with van der Waals surface area (Å²) in [7, 11) is 0. The Kier molecular flexibility index (Phi) is 4.77. The van der Waals surface area contributed by atoms with E-state index in [2.05, 4.69) is 28.9 Å². The normalized spacial score (nSPS) is 17.2. The van der Waals surface area contributed by atoms with Crippen LogP contribution < -0.4 is 5.56 Å². The molecule has 0 aromatic carbocycles. The lowest BCUT2D eigenvalue weighted by Gasteiger charge is -2.38. The minimum atomic E-state index is -0.376. The van der Waals surface area contributed by atoms with E-state index < -0.39 is 0 Å². The van der Waals surface area contributed by atoms with Crippen LogP contribution in [0.5, 0.6) is 0 Å². The van der Waals surface area contributed by atoms with Gasteiger partial charge < -0.3 is 9.88 Å². The Morgan fingerprint density at radius 1 is 1.32 bits per heavy atom. The quantitative estimate of drug-likeness (QED) is 0.751. The SMILES string of the molecule is CC[C@H](C)[C@H]1c2nc(-c3cccnc3)nn2CCN1C(=O)c1ccc[nH]c1=O. The third kappa shape index (κ3) is 3.11. The van der Waals surface area contributed by atoms with Crippen LogP contribution in [0.2, 0.25) is 0 Å². The number of hydrogen-bond acceptors (Lipinski definition) is 5. The van der Waals surface area contributed by atoms with Crippen molar-refractivity contribution in [2.45, 2.75) is 32.9 Å². The average Bonchev–Trinajstić information content (AvgIpc) is 3.17. The summed E-state index contributed by atoms with van der Waals surface area (Å²) in [6.45, 7) is 5.19. The van der Waals surface area contributed by atoms with E-state index in [0.717, 1.165) is 17.8 Å². The molecular formula is C20H22N6O2. The third-order valence-corrected chi connectivity index (χ3v) is 5.27. The van der Waals surface area contributed by atoms with E-state index in [1.165, 1.54) is 6.20 Å². The van der Waals surface area contributed by atoms with Gasteiger partial charge in [-0.3, -0.25) is 14.6 Å². The van der Waals surface area contributed by atoms with Crippen LogP contribution in [0.4, 0.5) is 0 Å². The Hall–Kier alpha value is -3.29. The first kappa shape index (κ1) is 18.1. The van der Waals surface area contributed by atoms with Gasteiger partial charge in [0.1, 0.15) is 5.56 Å². The Morgan fingerprint density at radius 2 is 2.18 bits per heavy atom. The van der Waals surface area contributed by atoms with E-state index in [0.29, 0.717) is 18.9 Å². The van der Waals surface area contributed by atoms with Gasteiger partial charge in [-0.05, 0) is 30.2 Å². The van der Waals surface area contributed by atoms with Crippen LogP contribution in [0.15, 0.2) is 47.7 Å². The van der Waals surface area contributed by atoms with E-state index in [1.54, 1.807) is 29.4 Å². The molecule has 0 aliphatic carbocycles. The lowest BCUT2D eigenvalue weighted by molar-refractivity contribution is 0.0516. The van der Waals surface area contributed by atoms with Crippen LogP contribution in [-0.4, -0.2) is 42.1 Å². The first-order valence-electron chi connectivity index (χ1n) is 9.44. The summed E-state index contributed by atoms with van der Waals surface area (Å²) in [5.41, 5.74) is 0.611. The molecule has 8 nitrogen and oxygen atoms in total. The number of pyridine rings is 2. The standard InChI is InChI=1S/C20H22N6O2/c1-3-13(2)16-18-23-17(14-6-4-8-21-12-14)24-26(18)11-10-25(16)20(28)15-7-5-9-22-19(15)27/h4-9,12-13,16H,3,10-11H2,1-2H3,(H,22,27)/t13-,16-/m0/s1. The minimum Gasteiger partial charge on any atom is -0.328 e. The highest BCUT2D eigenvalue weighted by molar-refractivity contribution is 5.94. The third-order valence-electron chi connectivity index (χ3n) is 5.27. The Labute approximate surface area is 162 Å². The van der Waals surface area contributed by atoms with Gasteiger partial charge >= 0.3 is 0 Å². The Morgan fingerprint density at radius 3 is 2.89 bits per heavy atom. The summed E-state index contributed by atoms with van der Waals surface area (Å²) in [5.74, 6) is 1.24. The van der Waals surface area contributed by atoms with Gasteiger partial charge in [-0.1, -0.05) is 20.3 Å². The van der Waals surface area contributed by atoms with Crippen molar-refractivity contribution < 1.29 is 4.79 Å². The zero-order valence-electron chi connectivity index (χ0n) is 15.9. The maximum atomic E-state index is 13.2. The summed E-state index contributed by atoms with van der Waals surface area (Å²) < 4.78 is 1.87. The van der Waals surface area contributed by atoms with Crippen LogP contribution in [0, 0.1) is 5.92 Å². The molecule has 1 aliphatic heterocycles. The second-order valence-electron chi connectivity index (χ2n) is 7.00. The zero-order valence-corrected chi connectivity index (χ0v) is 15.9. The first-order chi connectivity index (χ1) is 13.6. The van der Waals surface area contributed by atoms with Crippen LogP contribution in [-0.2, 0) is 6.54 Å². The highest BCUT2D eigenvalue weighted by atomic mass is 16.2. The summed E-state index contributed by atoms with van der Waals surface area (Å²) >= 11 is 0. The van der Waals surface area contributed by atoms with Gasteiger partial charge in [0.2, 0.25) is 0 Å². The fraction of sp³-hybridized carbons (Fsp3) is 0.350. The van der Waals surface area contributed by atoms with Crippen molar-refractivity contribution in [2.75, 3.05) is 6.54 Å². The molecule has 1 aliphatic rings. The van der Waals surface area contributed by atoms with Crippen molar-refractivity contribution in [1.82, 2.24) is 29.6 Å². The number of aromatic nitrogens is 5. The van der Waals surface area contributed by atoms with Gasteiger partial charge in [-0.2, -0.15) is 5.10 Å². The maximum Gasteiger partial charge on any atom is 0.260 e. The molecule has 1 N–H and O–H groups in total. The number of aromatic amines is 1. The summed E-state index contributed by atoms with van der Waals surface area (Å²) in [4.78, 5) is 38.5. The molecule has 4 rings (SSSR count). The summed E-state index contributed by atoms with van der Waals surface area (Å²) in [6.07, 6.45) is 5.83. The van der Waals surface area contributed by atoms with Crippen molar-refractivity contribution in [3.05, 3.63) is 64.6 Å². The van der Waals surface area contributed by atoms with Crippen molar-refractivity contribution in [3.63, 3.8) is 0 Å². The number of amides is 1. The molecule has 0 spiro atoms. The Balaban J connectivity index is 1.75. The molecule has 2 atom stereocenters. The zero-order chi connectivity index (χ0) is 19.7. The summed E-state index contributed by atoms with van der Waals surface area (Å²) in [6, 6.07) is 6.75. The molecule has 0 bridgehead atoms. The molecule has 8 heteroatoms. The van der Waals surface area contributed by atoms with Crippen LogP contribution in [0.25, 0.3) is 11.4 Å². The second-order valence-corrected chi connectivity index (χ2v) is 7.00. The van der Waals surface area contributed by atoms with E-state index >= 15 is 0 Å². The first-order valence-corrected chi connectivity index (χ1v) is 9.44. The van der Waals surface area contributed by atoms with Crippen molar-refractivity contribution in [3.8, 4) is 11.4 Å². The van der Waals surface area contributed by atoms with Crippen molar-refractivity contribution >= 4 is 5.91 Å². The number of nitrogens with one attached hydrogen (secondary N) is 1. The van der Waals surface area contributed by atoms with Gasteiger partial charge in [0, 0.05) is 30.7 Å². The van der Waals surface area contributed by atoms with Gasteiger partial charge in [-0.25, -0.2) is 9.67 Å². The molecule has 3 aromatic rings. The van der Waals surface area contributed by atoms with Crippen LogP contribution >= 0.6 is 0 Å². The molecule has 0 saturated heterocycles. The molecular weight excluding hydrogens is 356 g/mol. The molecule has 28 heavy (non-hydrogen) atoms. The number of rotatable bonds is 4. The predicted molar refractivity (Wildman–Crippen MR) is 104 cm³/mol. The number of carbonyl (C=O) groups excluding carboxylic acids is 1. The van der Waals surface area contributed by atoms with E-state index in [9.17, 15) is 9.59 Å². The lowest BCUT2D eigenvalue weighted by Crippen LogP contribution is -2.46.